The molecule has 0 amide bonds. The van der Waals surface area contributed by atoms with Crippen LogP contribution >= 0.6 is 0 Å². The fraction of sp³-hybridized carbons (Fsp3) is 0.173. The number of aryl methyl sites for hydroxylation is 1. The van der Waals surface area contributed by atoms with Crippen molar-refractivity contribution in [3.05, 3.63) is 221 Å². The molecule has 0 bridgehead atoms. The second-order valence-corrected chi connectivity index (χ2v) is 14.1. The van der Waals surface area contributed by atoms with Crippen LogP contribution in [0.4, 0.5) is 0 Å². The van der Waals surface area contributed by atoms with Crippen LogP contribution in [0.2, 0.25) is 0 Å². The molecule has 2 aliphatic rings. The minimum Gasteiger partial charge on any atom is -0.384 e. The van der Waals surface area contributed by atoms with Gasteiger partial charge in [0.15, 0.2) is 0 Å². The predicted molar refractivity (Wildman–Crippen MR) is 247 cm³/mol. The molecule has 1 heterocycles. The van der Waals surface area contributed by atoms with Gasteiger partial charge in [-0.05, 0) is 90.1 Å². The molecule has 0 fully saturated rings. The number of fused-ring (bicyclic) bond motifs is 1. The molecule has 0 radical (unpaired) electrons. The Hall–Kier alpha value is -6.47. The minimum absolute atomic E-state index is 0.172. The molecule has 6 heteroatoms. The molecule has 0 saturated carbocycles. The summed E-state index contributed by atoms with van der Waals surface area (Å²) in [7, 11) is 0. The van der Waals surface area contributed by atoms with Crippen LogP contribution in [-0.4, -0.2) is 24.1 Å². The predicted octanol–water partition coefficient (Wildman–Crippen LogP) is 11.2. The van der Waals surface area contributed by atoms with Gasteiger partial charge in [0.2, 0.25) is 0 Å². The highest BCUT2D eigenvalue weighted by molar-refractivity contribution is 5.98. The number of hydrogen-bond donors (Lipinski definition) is 4. The highest BCUT2D eigenvalue weighted by Crippen LogP contribution is 2.37. The molecule has 294 valence electrons. The van der Waals surface area contributed by atoms with E-state index in [-0.39, 0.29) is 5.84 Å². The van der Waals surface area contributed by atoms with Crippen molar-refractivity contribution in [2.75, 3.05) is 6.54 Å². The van der Waals surface area contributed by atoms with Gasteiger partial charge in [-0.3, -0.25) is 15.4 Å². The van der Waals surface area contributed by atoms with Crippen molar-refractivity contribution >= 4 is 23.5 Å². The first-order chi connectivity index (χ1) is 28.4. The molecule has 1 atom stereocenters. The summed E-state index contributed by atoms with van der Waals surface area (Å²) in [6.45, 7) is 8.77. The fourth-order valence-corrected chi connectivity index (χ4v) is 6.69. The zero-order valence-corrected chi connectivity index (χ0v) is 33.6. The quantitative estimate of drug-likeness (QED) is 0.0821. The molecule has 1 aromatic heterocycles. The summed E-state index contributed by atoms with van der Waals surface area (Å²) in [5.41, 5.74) is 23.0. The Morgan fingerprint density at radius 2 is 1.43 bits per heavy atom. The maximum absolute atomic E-state index is 7.05. The van der Waals surface area contributed by atoms with Crippen LogP contribution in [0.15, 0.2) is 198 Å². The third-order valence-corrected chi connectivity index (χ3v) is 9.73. The van der Waals surface area contributed by atoms with Gasteiger partial charge in [0.25, 0.3) is 0 Å². The molecular weight excluding hydrogens is 709 g/mol. The van der Waals surface area contributed by atoms with Gasteiger partial charge in [-0.1, -0.05) is 163 Å². The van der Waals surface area contributed by atoms with E-state index < -0.39 is 0 Å². The largest absolute Gasteiger partial charge is 0.384 e. The van der Waals surface area contributed by atoms with Crippen molar-refractivity contribution in [3.63, 3.8) is 0 Å². The summed E-state index contributed by atoms with van der Waals surface area (Å²) < 4.78 is 0. The molecule has 8 rings (SSSR count). The Bertz CT molecular complexity index is 2260. The molecule has 2 aliphatic carbocycles. The van der Waals surface area contributed by atoms with Crippen molar-refractivity contribution in [2.24, 2.45) is 16.5 Å². The van der Waals surface area contributed by atoms with Gasteiger partial charge in [0.05, 0.1) is 12.1 Å². The van der Waals surface area contributed by atoms with E-state index in [9.17, 15) is 0 Å². The first-order valence-electron chi connectivity index (χ1n) is 19.9. The number of nitrogens with zero attached hydrogens (tertiary/aromatic N) is 2. The molecular formula is C52H56N6. The van der Waals surface area contributed by atoms with Crippen molar-refractivity contribution in [1.82, 2.24) is 10.3 Å². The number of nitrogens with one attached hydrogen (secondary N) is 2. The van der Waals surface area contributed by atoms with E-state index in [1.807, 2.05) is 54.8 Å². The summed E-state index contributed by atoms with van der Waals surface area (Å²) >= 11 is 0. The lowest BCUT2D eigenvalue weighted by molar-refractivity contribution is 0.693. The number of nitrogens with two attached hydrogens (primary N) is 2. The summed E-state index contributed by atoms with van der Waals surface area (Å²) in [5.74, 6) is 0.510. The van der Waals surface area contributed by atoms with E-state index in [1.54, 1.807) is 0 Å². The van der Waals surface area contributed by atoms with Crippen molar-refractivity contribution in [1.29, 1.82) is 5.41 Å². The Labute approximate surface area is 345 Å². The van der Waals surface area contributed by atoms with E-state index in [2.05, 4.69) is 156 Å². The van der Waals surface area contributed by atoms with Crippen molar-refractivity contribution in [3.8, 4) is 11.1 Å². The lowest BCUT2D eigenvalue weighted by Crippen LogP contribution is -2.12. The lowest BCUT2D eigenvalue weighted by atomic mass is 9.86. The highest BCUT2D eigenvalue weighted by atomic mass is 14.8. The molecule has 1 unspecified atom stereocenters. The van der Waals surface area contributed by atoms with Crippen LogP contribution in [0.1, 0.15) is 53.0 Å². The molecule has 6 nitrogen and oxygen atoms in total. The first-order valence-corrected chi connectivity index (χ1v) is 19.9. The maximum atomic E-state index is 7.05. The van der Waals surface area contributed by atoms with Crippen LogP contribution < -0.4 is 16.8 Å². The third kappa shape index (κ3) is 13.6. The van der Waals surface area contributed by atoms with Gasteiger partial charge in [-0.15, -0.1) is 0 Å². The molecule has 0 spiro atoms. The van der Waals surface area contributed by atoms with Crippen LogP contribution in [-0.2, 0) is 19.6 Å². The Morgan fingerprint density at radius 3 is 1.97 bits per heavy atom. The van der Waals surface area contributed by atoms with Crippen molar-refractivity contribution in [2.45, 2.75) is 51.7 Å². The standard InChI is InChI=1S/C24H23N3.C14H15N.C7H10N2.C7H8/c1-26-16-18-4-2-5-20(14-18)21-6-3-7-23-24(21)22(12-13-27-23)19-10-8-17(15-25)9-11-19;1-3-7-13(8-4-1)11-15-12-14-9-5-2-6-10-14;8-7(9)6-4-2-1-3-5-6;1-7-5-3-2-4-6-7/h2-10,12-14,19H,1,11,15-16,25H2;1-10,15H,11-12H2;2,4-5H,1,3H2,(H3,8,9);2-6H,1H3. The molecule has 6 aromatic rings. The molecule has 58 heavy (non-hydrogen) atoms. The molecule has 0 saturated heterocycles. The van der Waals surface area contributed by atoms with Gasteiger partial charge < -0.3 is 16.8 Å². The average molecular weight is 765 g/mol. The van der Waals surface area contributed by atoms with Crippen LogP contribution in [0.5, 0.6) is 0 Å². The van der Waals surface area contributed by atoms with Crippen LogP contribution in [0, 0.1) is 12.3 Å². The average Bonchev–Trinajstić information content (AvgIpc) is 3.28. The number of allylic oxidation sites excluding steroid dienone is 4. The fourth-order valence-electron chi connectivity index (χ4n) is 6.69. The van der Waals surface area contributed by atoms with Gasteiger partial charge in [-0.2, -0.15) is 0 Å². The lowest BCUT2D eigenvalue weighted by Gasteiger charge is -2.20. The Balaban J connectivity index is 0.000000172. The van der Waals surface area contributed by atoms with Gasteiger partial charge in [0, 0.05) is 42.7 Å². The van der Waals surface area contributed by atoms with E-state index in [4.69, 9.17) is 16.9 Å². The van der Waals surface area contributed by atoms with Gasteiger partial charge >= 0.3 is 0 Å². The Kier molecular flexibility index (Phi) is 17.3. The summed E-state index contributed by atoms with van der Waals surface area (Å²) in [6, 6.07) is 48.2. The number of pyridine rings is 1. The van der Waals surface area contributed by atoms with Gasteiger partial charge in [-0.25, -0.2) is 0 Å². The number of aromatic nitrogens is 1. The maximum Gasteiger partial charge on any atom is 0.122 e. The second kappa shape index (κ2) is 23.6. The molecule has 0 aliphatic heterocycles. The first kappa shape index (κ1) is 42.7. The SMILES string of the molecule is C=NCc1cccc(-c2cccc3nccc(C4C=CC(CN)=CC4)c23)c1.Cc1ccccc1.N=C(N)C1=CCCC=C1.c1ccc(CNCc2ccccc2)cc1. The number of benzene rings is 5. The van der Waals surface area contributed by atoms with E-state index in [0.29, 0.717) is 19.0 Å². The minimum atomic E-state index is 0.172. The van der Waals surface area contributed by atoms with E-state index in [1.165, 1.54) is 44.3 Å². The topological polar surface area (TPSA) is 113 Å². The van der Waals surface area contributed by atoms with E-state index in [0.717, 1.165) is 49.0 Å². The van der Waals surface area contributed by atoms with Crippen LogP contribution in [0.3, 0.4) is 0 Å². The summed E-state index contributed by atoms with van der Waals surface area (Å²) in [6.07, 6.45) is 17.6. The number of hydrogen-bond acceptors (Lipinski definition) is 5. The highest BCUT2D eigenvalue weighted by Gasteiger charge is 2.17. The molecule has 6 N–H and O–H groups in total. The normalized spacial score (nSPS) is 13.9. The van der Waals surface area contributed by atoms with Gasteiger partial charge in [0.1, 0.15) is 5.84 Å². The summed E-state index contributed by atoms with van der Waals surface area (Å²) in [5, 5.41) is 11.7. The number of rotatable bonds is 10. The third-order valence-electron chi connectivity index (χ3n) is 9.73. The zero-order chi connectivity index (χ0) is 40.8. The monoisotopic (exact) mass is 764 g/mol. The number of aliphatic imine (C=N–C) groups is 1. The smallest absolute Gasteiger partial charge is 0.122 e. The zero-order valence-electron chi connectivity index (χ0n) is 33.6. The van der Waals surface area contributed by atoms with E-state index >= 15 is 0 Å². The van der Waals surface area contributed by atoms with Crippen LogP contribution in [0.25, 0.3) is 22.0 Å². The number of amidine groups is 1. The van der Waals surface area contributed by atoms with Crippen molar-refractivity contribution < 1.29 is 0 Å². The summed E-state index contributed by atoms with van der Waals surface area (Å²) in [4.78, 5) is 8.65. The Morgan fingerprint density at radius 1 is 0.776 bits per heavy atom. The molecule has 5 aromatic carbocycles. The second-order valence-electron chi connectivity index (χ2n) is 14.1.